The minimum absolute atomic E-state index is 0.117. The normalized spacial score (nSPS) is 12.8. The third-order valence-corrected chi connectivity index (χ3v) is 3.35. The number of esters is 1. The van der Waals surface area contributed by atoms with Gasteiger partial charge in [-0.25, -0.2) is 13.2 Å². The Hall–Kier alpha value is -1.89. The molecule has 6 nitrogen and oxygen atoms in total. The first-order chi connectivity index (χ1) is 8.23. The monoisotopic (exact) mass is 271 g/mol. The van der Waals surface area contributed by atoms with Crippen LogP contribution in [0.1, 0.15) is 17.3 Å². The molecule has 0 spiro atoms. The second-order valence-corrected chi connectivity index (χ2v) is 5.70. The summed E-state index contributed by atoms with van der Waals surface area (Å²) in [6.45, 7) is 1.31. The summed E-state index contributed by atoms with van der Waals surface area (Å²) in [6.07, 6.45) is -0.137. The molecule has 2 N–H and O–H groups in total. The van der Waals surface area contributed by atoms with E-state index in [-0.39, 0.29) is 10.5 Å². The van der Waals surface area contributed by atoms with Crippen molar-refractivity contribution in [3.63, 3.8) is 0 Å². The van der Waals surface area contributed by atoms with Crippen LogP contribution in [0.2, 0.25) is 0 Å². The van der Waals surface area contributed by atoms with E-state index in [0.29, 0.717) is 0 Å². The molecule has 0 bridgehead atoms. The summed E-state index contributed by atoms with van der Waals surface area (Å²) in [6, 6.07) is 5.60. The summed E-state index contributed by atoms with van der Waals surface area (Å²) in [5.74, 6) is -1.71. The van der Waals surface area contributed by atoms with Crippen LogP contribution in [0.3, 0.4) is 0 Å². The van der Waals surface area contributed by atoms with E-state index in [9.17, 15) is 18.0 Å². The van der Waals surface area contributed by atoms with Crippen LogP contribution in [-0.4, -0.2) is 32.7 Å². The third kappa shape index (κ3) is 3.30. The molecule has 0 aliphatic carbocycles. The van der Waals surface area contributed by atoms with E-state index < -0.39 is 27.8 Å². The molecule has 1 amide bonds. The lowest BCUT2D eigenvalue weighted by atomic mass is 10.2. The first-order valence-electron chi connectivity index (χ1n) is 5.03. The highest BCUT2D eigenvalue weighted by atomic mass is 32.2. The molecule has 0 heterocycles. The molecule has 0 aliphatic rings. The van der Waals surface area contributed by atoms with E-state index >= 15 is 0 Å². The van der Waals surface area contributed by atoms with Gasteiger partial charge in [-0.3, -0.25) is 4.79 Å². The average Bonchev–Trinajstić information content (AvgIpc) is 2.27. The highest BCUT2D eigenvalue weighted by Crippen LogP contribution is 2.16. The van der Waals surface area contributed by atoms with Gasteiger partial charge in [-0.05, 0) is 19.1 Å². The number of hydrogen-bond donors (Lipinski definition) is 1. The number of primary amides is 1. The van der Waals surface area contributed by atoms with Crippen molar-refractivity contribution in [1.29, 1.82) is 0 Å². The maximum absolute atomic E-state index is 11.7. The Bertz CT molecular complexity index is 579. The summed E-state index contributed by atoms with van der Waals surface area (Å²) in [5, 5.41) is 0. The Morgan fingerprint density at radius 3 is 2.33 bits per heavy atom. The number of benzene rings is 1. The fraction of sp³-hybridized carbons (Fsp3) is 0.273. The van der Waals surface area contributed by atoms with Crippen molar-refractivity contribution in [3.05, 3.63) is 29.8 Å². The van der Waals surface area contributed by atoms with Crippen molar-refractivity contribution in [1.82, 2.24) is 0 Å². The number of nitrogens with two attached hydrogens (primary N) is 1. The van der Waals surface area contributed by atoms with Gasteiger partial charge in [0.05, 0.1) is 10.5 Å². The van der Waals surface area contributed by atoms with Gasteiger partial charge < -0.3 is 10.5 Å². The third-order valence-electron chi connectivity index (χ3n) is 2.19. The molecule has 18 heavy (non-hydrogen) atoms. The molecule has 98 valence electrons. The lowest BCUT2D eigenvalue weighted by Crippen LogP contribution is -2.30. The van der Waals surface area contributed by atoms with Crippen molar-refractivity contribution in [2.45, 2.75) is 17.9 Å². The molecule has 0 aliphatic heterocycles. The summed E-state index contributed by atoms with van der Waals surface area (Å²) in [5.41, 5.74) is 4.83. The van der Waals surface area contributed by atoms with Crippen molar-refractivity contribution >= 4 is 21.7 Å². The number of carbonyl (C=O) groups is 2. The maximum Gasteiger partial charge on any atom is 0.340 e. The second-order valence-electron chi connectivity index (χ2n) is 3.72. The van der Waals surface area contributed by atoms with E-state index in [2.05, 4.69) is 0 Å². The van der Waals surface area contributed by atoms with Gasteiger partial charge in [-0.2, -0.15) is 0 Å². The number of hydrogen-bond acceptors (Lipinski definition) is 5. The zero-order valence-corrected chi connectivity index (χ0v) is 10.7. The van der Waals surface area contributed by atoms with Crippen molar-refractivity contribution < 1.29 is 22.7 Å². The number of carbonyl (C=O) groups excluding carboxylic acids is 2. The number of ether oxygens (including phenoxy) is 1. The molecule has 1 aromatic carbocycles. The van der Waals surface area contributed by atoms with Crippen molar-refractivity contribution in [3.8, 4) is 0 Å². The lowest BCUT2D eigenvalue weighted by molar-refractivity contribution is -0.125. The lowest BCUT2D eigenvalue weighted by Gasteiger charge is -2.11. The zero-order valence-electron chi connectivity index (χ0n) is 9.91. The Labute approximate surface area is 105 Å². The minimum atomic E-state index is -3.55. The fourth-order valence-electron chi connectivity index (χ4n) is 1.24. The van der Waals surface area contributed by atoms with Gasteiger partial charge in [0.15, 0.2) is 15.9 Å². The van der Waals surface area contributed by atoms with Crippen LogP contribution in [0.15, 0.2) is 29.2 Å². The summed E-state index contributed by atoms with van der Waals surface area (Å²) < 4.78 is 27.7. The van der Waals surface area contributed by atoms with E-state index in [1.807, 2.05) is 0 Å². The van der Waals surface area contributed by atoms with Crippen molar-refractivity contribution in [2.75, 3.05) is 6.26 Å². The fourth-order valence-corrected chi connectivity index (χ4v) is 2.12. The van der Waals surface area contributed by atoms with E-state index in [4.69, 9.17) is 10.5 Å². The van der Waals surface area contributed by atoms with Gasteiger partial charge in [0.25, 0.3) is 5.91 Å². The Morgan fingerprint density at radius 1 is 1.28 bits per heavy atom. The van der Waals surface area contributed by atoms with E-state index in [1.165, 1.54) is 31.2 Å². The predicted molar refractivity (Wildman–Crippen MR) is 63.6 cm³/mol. The Kier molecular flexibility index (Phi) is 4.07. The number of sulfone groups is 1. The summed E-state index contributed by atoms with van der Waals surface area (Å²) >= 11 is 0. The Morgan fingerprint density at radius 2 is 1.83 bits per heavy atom. The Balaban J connectivity index is 3.11. The first kappa shape index (κ1) is 14.2. The van der Waals surface area contributed by atoms with E-state index in [0.717, 1.165) is 6.26 Å². The van der Waals surface area contributed by atoms with Gasteiger partial charge in [0.1, 0.15) is 0 Å². The average molecular weight is 271 g/mol. The maximum atomic E-state index is 11.7. The van der Waals surface area contributed by atoms with Crippen LogP contribution in [0, 0.1) is 0 Å². The van der Waals surface area contributed by atoms with Crippen LogP contribution < -0.4 is 5.73 Å². The largest absolute Gasteiger partial charge is 0.449 e. The standard InChI is InChI=1S/C11H13NO5S/c1-7(10(12)13)17-11(14)8-5-3-4-6-9(8)18(2,15)16/h3-7H,1-2H3,(H2,12,13)/t7-/m1/s1. The smallest absolute Gasteiger partial charge is 0.340 e. The number of amides is 1. The van der Waals surface area contributed by atoms with E-state index in [1.54, 1.807) is 0 Å². The van der Waals surface area contributed by atoms with Gasteiger partial charge in [-0.15, -0.1) is 0 Å². The molecule has 7 heteroatoms. The van der Waals surface area contributed by atoms with Crippen LogP contribution in [0.5, 0.6) is 0 Å². The molecule has 0 saturated heterocycles. The second kappa shape index (κ2) is 5.18. The van der Waals surface area contributed by atoms with Gasteiger partial charge >= 0.3 is 5.97 Å². The van der Waals surface area contributed by atoms with Crippen LogP contribution in [0.25, 0.3) is 0 Å². The molecule has 0 radical (unpaired) electrons. The minimum Gasteiger partial charge on any atom is -0.449 e. The van der Waals surface area contributed by atoms with Crippen molar-refractivity contribution in [2.24, 2.45) is 5.73 Å². The topological polar surface area (TPSA) is 104 Å². The quantitative estimate of drug-likeness (QED) is 0.783. The highest BCUT2D eigenvalue weighted by molar-refractivity contribution is 7.90. The zero-order chi connectivity index (χ0) is 13.9. The molecule has 1 atom stereocenters. The van der Waals surface area contributed by atoms with Gasteiger partial charge in [0, 0.05) is 6.26 Å². The molecule has 0 unspecified atom stereocenters. The highest BCUT2D eigenvalue weighted by Gasteiger charge is 2.22. The van der Waals surface area contributed by atoms with Crippen LogP contribution >= 0.6 is 0 Å². The SMILES string of the molecule is C[C@@H](OC(=O)c1ccccc1S(C)(=O)=O)C(N)=O. The summed E-state index contributed by atoms with van der Waals surface area (Å²) in [7, 11) is -3.55. The first-order valence-corrected chi connectivity index (χ1v) is 6.92. The molecule has 0 aromatic heterocycles. The molecular formula is C11H13NO5S. The summed E-state index contributed by atoms with van der Waals surface area (Å²) in [4.78, 5) is 22.4. The molecule has 0 saturated carbocycles. The number of rotatable bonds is 4. The van der Waals surface area contributed by atoms with Crippen LogP contribution in [0.4, 0.5) is 0 Å². The molecule has 0 fully saturated rings. The molecular weight excluding hydrogens is 258 g/mol. The predicted octanol–water partition coefficient (Wildman–Crippen LogP) is 0.121. The van der Waals surface area contributed by atoms with Gasteiger partial charge in [-0.1, -0.05) is 12.1 Å². The van der Waals surface area contributed by atoms with Crippen LogP contribution in [-0.2, 0) is 19.4 Å². The molecule has 1 rings (SSSR count). The van der Waals surface area contributed by atoms with Gasteiger partial charge in [0.2, 0.25) is 0 Å². The molecule has 1 aromatic rings.